The van der Waals surface area contributed by atoms with Gasteiger partial charge in [0.05, 0.1) is 6.54 Å². The molecule has 0 saturated heterocycles. The van der Waals surface area contributed by atoms with Crippen LogP contribution in [0.25, 0.3) is 0 Å². The lowest BCUT2D eigenvalue weighted by molar-refractivity contribution is -0.118. The van der Waals surface area contributed by atoms with E-state index in [0.29, 0.717) is 13.0 Å². The Morgan fingerprint density at radius 3 is 2.58 bits per heavy atom. The topological polar surface area (TPSA) is 101 Å². The van der Waals surface area contributed by atoms with Crippen molar-refractivity contribution in [3.05, 3.63) is 79.1 Å². The summed E-state index contributed by atoms with van der Waals surface area (Å²) < 4.78 is 1.34. The van der Waals surface area contributed by atoms with Gasteiger partial charge in [0.2, 0.25) is 5.91 Å². The van der Waals surface area contributed by atoms with E-state index in [1.165, 1.54) is 14.3 Å². The van der Waals surface area contributed by atoms with E-state index >= 15 is 0 Å². The SMILES string of the molecule is CCCCn1c(N)c(N(Cc2ccccc2)C(=O)CCCc2cccs2)c(=O)[nH]c1=O. The lowest BCUT2D eigenvalue weighted by Gasteiger charge is -2.25. The molecule has 0 bridgehead atoms. The van der Waals surface area contributed by atoms with Crippen molar-refractivity contribution in [2.75, 3.05) is 10.6 Å². The Labute approximate surface area is 185 Å². The van der Waals surface area contributed by atoms with Crippen LogP contribution in [0.1, 0.15) is 43.0 Å². The van der Waals surface area contributed by atoms with E-state index in [2.05, 4.69) is 4.98 Å². The fraction of sp³-hybridized carbons (Fsp3) is 0.348. The van der Waals surface area contributed by atoms with E-state index in [4.69, 9.17) is 5.73 Å². The van der Waals surface area contributed by atoms with E-state index in [9.17, 15) is 14.4 Å². The smallest absolute Gasteiger partial charge is 0.330 e. The number of carbonyl (C=O) groups excluding carboxylic acids is 1. The van der Waals surface area contributed by atoms with E-state index in [-0.39, 0.29) is 30.4 Å². The standard InChI is InChI=1S/C23H28N4O3S/c1-2-3-14-26-21(24)20(22(29)25-23(26)30)27(16-17-9-5-4-6-10-17)19(28)13-7-11-18-12-8-15-31-18/h4-6,8-10,12,15H,2-3,7,11,13-14,16,24H2,1H3,(H,25,29,30). The molecule has 8 heteroatoms. The van der Waals surface area contributed by atoms with Crippen LogP contribution < -0.4 is 21.9 Å². The molecule has 3 aromatic rings. The number of anilines is 2. The molecule has 0 aliphatic heterocycles. The molecule has 0 radical (unpaired) electrons. The first-order valence-electron chi connectivity index (χ1n) is 10.5. The third-order valence-corrected chi connectivity index (χ3v) is 6.03. The number of aromatic nitrogens is 2. The second-order valence-corrected chi connectivity index (χ2v) is 8.43. The third kappa shape index (κ3) is 5.73. The lowest BCUT2D eigenvalue weighted by atomic mass is 10.1. The first kappa shape index (κ1) is 22.6. The molecule has 0 spiro atoms. The number of hydrogen-bond acceptors (Lipinski definition) is 5. The molecule has 164 valence electrons. The summed E-state index contributed by atoms with van der Waals surface area (Å²) >= 11 is 1.66. The highest BCUT2D eigenvalue weighted by Crippen LogP contribution is 2.22. The fourth-order valence-electron chi connectivity index (χ4n) is 3.44. The summed E-state index contributed by atoms with van der Waals surface area (Å²) in [6.07, 6.45) is 3.35. The number of thiophene rings is 1. The van der Waals surface area contributed by atoms with Crippen molar-refractivity contribution in [2.24, 2.45) is 0 Å². The predicted molar refractivity (Wildman–Crippen MR) is 126 cm³/mol. The second-order valence-electron chi connectivity index (χ2n) is 7.40. The zero-order chi connectivity index (χ0) is 22.2. The van der Waals surface area contributed by atoms with Crippen LogP contribution in [-0.2, 0) is 24.3 Å². The minimum atomic E-state index is -0.641. The summed E-state index contributed by atoms with van der Waals surface area (Å²) in [5.41, 5.74) is 6.00. The number of aryl methyl sites for hydroxylation is 1. The van der Waals surface area contributed by atoms with Gasteiger partial charge in [-0.2, -0.15) is 0 Å². The number of aromatic amines is 1. The number of benzene rings is 1. The van der Waals surface area contributed by atoms with Gasteiger partial charge < -0.3 is 10.6 Å². The Morgan fingerprint density at radius 1 is 1.13 bits per heavy atom. The summed E-state index contributed by atoms with van der Waals surface area (Å²) in [6.45, 7) is 2.60. The number of nitrogens with zero attached hydrogens (tertiary/aromatic N) is 2. The molecule has 31 heavy (non-hydrogen) atoms. The number of nitrogens with two attached hydrogens (primary N) is 1. The molecule has 0 atom stereocenters. The Hall–Kier alpha value is -3.13. The van der Waals surface area contributed by atoms with Gasteiger partial charge in [0.25, 0.3) is 5.56 Å². The van der Waals surface area contributed by atoms with Crippen LogP contribution in [0.3, 0.4) is 0 Å². The number of carbonyl (C=O) groups is 1. The molecule has 0 fully saturated rings. The van der Waals surface area contributed by atoms with Gasteiger partial charge in [-0.15, -0.1) is 11.3 Å². The molecule has 0 saturated carbocycles. The fourth-order valence-corrected chi connectivity index (χ4v) is 4.19. The minimum Gasteiger partial charge on any atom is -0.383 e. The molecule has 0 unspecified atom stereocenters. The van der Waals surface area contributed by atoms with Crippen molar-refractivity contribution < 1.29 is 4.79 Å². The van der Waals surface area contributed by atoms with Crippen LogP contribution in [0.4, 0.5) is 11.5 Å². The molecule has 2 aromatic heterocycles. The van der Waals surface area contributed by atoms with E-state index in [0.717, 1.165) is 24.8 Å². The molecule has 7 nitrogen and oxygen atoms in total. The van der Waals surface area contributed by atoms with Crippen LogP contribution in [0, 0.1) is 0 Å². The number of hydrogen-bond donors (Lipinski definition) is 2. The van der Waals surface area contributed by atoms with Gasteiger partial charge in [-0.3, -0.25) is 19.1 Å². The van der Waals surface area contributed by atoms with E-state index in [1.807, 2.05) is 54.8 Å². The summed E-state index contributed by atoms with van der Waals surface area (Å²) in [7, 11) is 0. The monoisotopic (exact) mass is 440 g/mol. The average molecular weight is 441 g/mol. The van der Waals surface area contributed by atoms with Gasteiger partial charge >= 0.3 is 5.69 Å². The van der Waals surface area contributed by atoms with Crippen LogP contribution in [0.2, 0.25) is 0 Å². The van der Waals surface area contributed by atoms with Crippen molar-refractivity contribution >= 4 is 28.7 Å². The molecule has 0 aliphatic rings. The maximum absolute atomic E-state index is 13.2. The average Bonchev–Trinajstić information content (AvgIpc) is 3.27. The largest absolute Gasteiger partial charge is 0.383 e. The third-order valence-electron chi connectivity index (χ3n) is 5.10. The lowest BCUT2D eigenvalue weighted by Crippen LogP contribution is -2.41. The predicted octanol–water partition coefficient (Wildman–Crippen LogP) is 3.54. The molecule has 0 aliphatic carbocycles. The number of H-pyrrole nitrogens is 1. The first-order chi connectivity index (χ1) is 15.0. The van der Waals surface area contributed by atoms with Crippen LogP contribution in [0.15, 0.2) is 57.4 Å². The number of amides is 1. The Balaban J connectivity index is 1.92. The second kappa shape index (κ2) is 10.8. The summed E-state index contributed by atoms with van der Waals surface area (Å²) in [4.78, 5) is 43.2. The van der Waals surface area contributed by atoms with Gasteiger partial charge in [0.15, 0.2) is 5.69 Å². The van der Waals surface area contributed by atoms with Crippen LogP contribution in [-0.4, -0.2) is 15.5 Å². The zero-order valence-corrected chi connectivity index (χ0v) is 18.5. The number of nitrogens with one attached hydrogen (secondary N) is 1. The summed E-state index contributed by atoms with van der Waals surface area (Å²) in [5.74, 6) is -0.164. The van der Waals surface area contributed by atoms with Crippen LogP contribution in [0.5, 0.6) is 0 Å². The van der Waals surface area contributed by atoms with Gasteiger partial charge in [-0.25, -0.2) is 4.79 Å². The highest BCUT2D eigenvalue weighted by Gasteiger charge is 2.24. The van der Waals surface area contributed by atoms with Gasteiger partial charge in [0.1, 0.15) is 5.82 Å². The van der Waals surface area contributed by atoms with Crippen molar-refractivity contribution in [1.29, 1.82) is 0 Å². The molecule has 3 N–H and O–H groups in total. The quantitative estimate of drug-likeness (QED) is 0.503. The number of rotatable bonds is 10. The molecule has 2 heterocycles. The first-order valence-corrected chi connectivity index (χ1v) is 11.4. The summed E-state index contributed by atoms with van der Waals surface area (Å²) in [6, 6.07) is 13.5. The highest BCUT2D eigenvalue weighted by molar-refractivity contribution is 7.09. The minimum absolute atomic E-state index is 0.0322. The Bertz CT molecular complexity index is 1100. The summed E-state index contributed by atoms with van der Waals surface area (Å²) in [5, 5.41) is 2.01. The maximum Gasteiger partial charge on any atom is 0.330 e. The molecule has 3 rings (SSSR count). The number of unbranched alkanes of at least 4 members (excludes halogenated alkanes) is 1. The maximum atomic E-state index is 13.2. The van der Waals surface area contributed by atoms with Crippen molar-refractivity contribution in [1.82, 2.24) is 9.55 Å². The van der Waals surface area contributed by atoms with Crippen LogP contribution >= 0.6 is 11.3 Å². The van der Waals surface area contributed by atoms with Gasteiger partial charge in [0, 0.05) is 17.8 Å². The number of nitrogen functional groups attached to an aromatic ring is 1. The Morgan fingerprint density at radius 2 is 1.90 bits per heavy atom. The van der Waals surface area contributed by atoms with Crippen molar-refractivity contribution in [3.63, 3.8) is 0 Å². The van der Waals surface area contributed by atoms with E-state index < -0.39 is 11.2 Å². The van der Waals surface area contributed by atoms with Crippen molar-refractivity contribution in [2.45, 2.75) is 52.1 Å². The van der Waals surface area contributed by atoms with E-state index in [1.54, 1.807) is 11.3 Å². The molecule has 1 aromatic carbocycles. The molecular formula is C23H28N4O3S. The van der Waals surface area contributed by atoms with Gasteiger partial charge in [-0.05, 0) is 36.3 Å². The zero-order valence-electron chi connectivity index (χ0n) is 17.7. The molecule has 1 amide bonds. The van der Waals surface area contributed by atoms with Gasteiger partial charge in [-0.1, -0.05) is 49.7 Å². The molecular weight excluding hydrogens is 412 g/mol. The van der Waals surface area contributed by atoms with Crippen molar-refractivity contribution in [3.8, 4) is 0 Å². The normalized spacial score (nSPS) is 10.9. The Kier molecular flexibility index (Phi) is 7.83. The highest BCUT2D eigenvalue weighted by atomic mass is 32.1.